The van der Waals surface area contributed by atoms with Gasteiger partial charge in [0.05, 0.1) is 31.6 Å². The summed E-state index contributed by atoms with van der Waals surface area (Å²) in [6, 6.07) is 26.8. The van der Waals surface area contributed by atoms with Gasteiger partial charge in [-0.3, -0.25) is 28.8 Å². The van der Waals surface area contributed by atoms with Crippen molar-refractivity contribution in [1.29, 1.82) is 0 Å². The number of hydrogen-bond acceptors (Lipinski definition) is 16. The van der Waals surface area contributed by atoms with E-state index in [1.54, 1.807) is 60.7 Å². The Morgan fingerprint density at radius 3 is 1.37 bits per heavy atom. The van der Waals surface area contributed by atoms with Gasteiger partial charge in [0.25, 0.3) is 11.8 Å². The summed E-state index contributed by atoms with van der Waals surface area (Å²) in [6.45, 7) is 37.3. The van der Waals surface area contributed by atoms with Gasteiger partial charge in [-0.05, 0) is 103 Å². The van der Waals surface area contributed by atoms with Gasteiger partial charge >= 0.3 is 9.75 Å². The van der Waals surface area contributed by atoms with E-state index in [1.165, 1.54) is 29.5 Å². The molecule has 2 aliphatic rings. The number of hydrogen-bond donors (Lipinski definition) is 12. The highest BCUT2D eigenvalue weighted by atomic mass is 32.1. The maximum absolute atomic E-state index is 11.3. The molecular weight excluding hydrogens is 1240 g/mol. The van der Waals surface area contributed by atoms with E-state index in [-0.39, 0.29) is 113 Å². The Morgan fingerprint density at radius 1 is 0.362 bits per heavy atom. The number of fused-ring (bicyclic) bond motifs is 6. The van der Waals surface area contributed by atoms with Crippen molar-refractivity contribution in [2.24, 2.45) is 0 Å². The summed E-state index contributed by atoms with van der Waals surface area (Å²) in [7, 11) is 0. The van der Waals surface area contributed by atoms with Crippen LogP contribution >= 0.6 is 22.7 Å². The second kappa shape index (κ2) is 27.2. The van der Waals surface area contributed by atoms with Crippen molar-refractivity contribution in [2.45, 2.75) is 157 Å². The zero-order chi connectivity index (χ0) is 70.1. The molecule has 0 bridgehead atoms. The van der Waals surface area contributed by atoms with E-state index in [0.29, 0.717) is 39.4 Å². The fourth-order valence-electron chi connectivity index (χ4n) is 10.5. The van der Waals surface area contributed by atoms with Crippen LogP contribution in [0.4, 0.5) is 11.4 Å². The molecule has 4 aromatic heterocycles. The van der Waals surface area contributed by atoms with Crippen molar-refractivity contribution in [3.8, 4) is 46.0 Å². The number of phenols is 6. The molecule has 94 heavy (non-hydrogen) atoms. The molecule has 20 nitrogen and oxygen atoms in total. The standard InChI is InChI=1S/2C13H15NO2.2C12H15NO3.2C11H13NO2S/c1-13(2,3)9-5-6-10(15)12-8(9)4-7-11(16)14-12;1-13(2,3)10-6-8(15)7-11-9(10)4-5-12(16)14-11;1-12(2,3)8-4-7(14)5-9-11(8)16-6-10(15)13-9;1-12(2,3)7-4-5-8(14)10-11(7)16-6-9(15)13-10;1-11(2,3)7-4-6(13)5-8-9(7)15-10(14)12-8;1-11(2,3)6-4-5-7(13)8-9(6)15-10(14)12-8/h2*4-7,15H,1-3H3,(H,14,16);2*4-5,14H,6H2,1-3H3,(H,13,15);2*4-5,13H,1-3H3,(H,12,14). The number of aromatic hydroxyl groups is 6. The molecule has 0 atom stereocenters. The normalized spacial score (nSPS) is 13.1. The molecule has 0 fully saturated rings. The summed E-state index contributed by atoms with van der Waals surface area (Å²) in [6.07, 6.45) is 0. The molecule has 12 rings (SSSR count). The molecule has 6 heterocycles. The zero-order valence-electron chi connectivity index (χ0n) is 56.4. The Hall–Kier alpha value is -9.54. The number of aromatic amines is 4. The van der Waals surface area contributed by atoms with Crippen LogP contribution < -0.4 is 41.0 Å². The van der Waals surface area contributed by atoms with Gasteiger partial charge in [0.1, 0.15) is 51.5 Å². The van der Waals surface area contributed by atoms with Crippen molar-refractivity contribution >= 4 is 88.1 Å². The molecule has 2 aliphatic heterocycles. The van der Waals surface area contributed by atoms with Crippen molar-refractivity contribution in [3.05, 3.63) is 170 Å². The minimum atomic E-state index is -0.242. The SMILES string of the molecule is CC(C)(C)c1cc(O)cc2[nH]c(=O)ccc12.CC(C)(C)c1cc(O)cc2[nH]c(=O)sc12.CC(C)(C)c1cc(O)cc2c1OCC(=O)N2.CC(C)(C)c1ccc(O)c2[nH]c(=O)ccc12.CC(C)(C)c1ccc(O)c2[nH]c(=O)sc12.CC(C)(C)c1ccc(O)c2c1OCC(=O)N2. The molecule has 0 unspecified atom stereocenters. The van der Waals surface area contributed by atoms with Crippen LogP contribution in [-0.4, -0.2) is 75.6 Å². The van der Waals surface area contributed by atoms with Gasteiger partial charge in [0, 0.05) is 52.2 Å². The van der Waals surface area contributed by atoms with Gasteiger partial charge in [-0.15, -0.1) is 0 Å². The number of carbonyl (C=O) groups excluding carboxylic acids is 2. The number of rotatable bonds is 0. The Balaban J connectivity index is 0.000000160. The van der Waals surface area contributed by atoms with Crippen LogP contribution in [0, 0.1) is 0 Å². The van der Waals surface area contributed by atoms with Crippen molar-refractivity contribution in [3.63, 3.8) is 0 Å². The number of amides is 2. The van der Waals surface area contributed by atoms with E-state index in [0.717, 1.165) is 70.4 Å². The first-order chi connectivity index (χ1) is 43.3. The summed E-state index contributed by atoms with van der Waals surface area (Å²) in [5.41, 5.74) is 8.66. The molecule has 0 aliphatic carbocycles. The summed E-state index contributed by atoms with van der Waals surface area (Å²) in [5, 5.41) is 65.0. The van der Waals surface area contributed by atoms with Crippen LogP contribution in [0.1, 0.15) is 158 Å². The van der Waals surface area contributed by atoms with Crippen molar-refractivity contribution in [1.82, 2.24) is 19.9 Å². The fourth-order valence-corrected chi connectivity index (χ4v) is 12.6. The third kappa shape index (κ3) is 17.4. The van der Waals surface area contributed by atoms with E-state index in [4.69, 9.17) is 9.47 Å². The zero-order valence-corrected chi connectivity index (χ0v) is 58.1. The lowest BCUT2D eigenvalue weighted by molar-refractivity contribution is -0.119. The Morgan fingerprint density at radius 2 is 0.798 bits per heavy atom. The molecule has 0 radical (unpaired) electrons. The summed E-state index contributed by atoms with van der Waals surface area (Å²) < 4.78 is 12.6. The summed E-state index contributed by atoms with van der Waals surface area (Å²) in [5.74, 6) is 1.59. The van der Waals surface area contributed by atoms with Crippen LogP contribution in [0.2, 0.25) is 0 Å². The average Bonchev–Trinajstić information content (AvgIpc) is 0.947. The molecule has 0 saturated carbocycles. The van der Waals surface area contributed by atoms with E-state index in [1.807, 2.05) is 39.0 Å². The number of ether oxygens (including phenoxy) is 2. The molecule has 500 valence electrons. The number of H-pyrrole nitrogens is 4. The third-order valence-corrected chi connectivity index (χ3v) is 16.9. The topological polar surface area (TPSA) is 329 Å². The molecule has 22 heteroatoms. The summed E-state index contributed by atoms with van der Waals surface area (Å²) >= 11 is 2.34. The quantitative estimate of drug-likeness (QED) is 0.0628. The second-order valence-corrected chi connectivity index (χ2v) is 31.1. The average molecular weight is 1320 g/mol. The maximum atomic E-state index is 11.3. The molecule has 10 aromatic rings. The number of nitrogens with one attached hydrogen (secondary N) is 6. The summed E-state index contributed by atoms with van der Waals surface area (Å²) in [4.78, 5) is 77.9. The smallest absolute Gasteiger partial charge is 0.305 e. The van der Waals surface area contributed by atoms with E-state index < -0.39 is 0 Å². The van der Waals surface area contributed by atoms with E-state index in [9.17, 15) is 59.4 Å². The Labute approximate surface area is 552 Å². The lowest BCUT2D eigenvalue weighted by Crippen LogP contribution is -2.27. The van der Waals surface area contributed by atoms with Crippen LogP contribution in [0.15, 0.2) is 116 Å². The fraction of sp³-hybridized carbons (Fsp3) is 0.361. The van der Waals surface area contributed by atoms with Gasteiger partial charge in [-0.25, -0.2) is 0 Å². The van der Waals surface area contributed by atoms with Crippen LogP contribution in [0.5, 0.6) is 46.0 Å². The molecule has 12 N–H and O–H groups in total. The number of carbonyl (C=O) groups is 2. The molecule has 0 saturated heterocycles. The largest absolute Gasteiger partial charge is 0.508 e. The second-order valence-electron chi connectivity index (χ2n) is 29.1. The van der Waals surface area contributed by atoms with Crippen LogP contribution in [-0.2, 0) is 42.1 Å². The number of aromatic nitrogens is 4. The number of phenolic OH excluding ortho intramolecular Hbond substituents is 6. The minimum absolute atomic E-state index is 0.000463. The minimum Gasteiger partial charge on any atom is -0.508 e. The highest BCUT2D eigenvalue weighted by molar-refractivity contribution is 7.17. The maximum Gasteiger partial charge on any atom is 0.305 e. The number of pyridine rings is 2. The molecular formula is C72H86N6O14S2. The predicted octanol–water partition coefficient (Wildman–Crippen LogP) is 14.3. The first-order valence-electron chi connectivity index (χ1n) is 30.3. The van der Waals surface area contributed by atoms with E-state index >= 15 is 0 Å². The van der Waals surface area contributed by atoms with Gasteiger partial charge in [-0.1, -0.05) is 165 Å². The molecule has 6 aromatic carbocycles. The molecule has 2 amide bonds. The number of anilines is 2. The lowest BCUT2D eigenvalue weighted by atomic mass is 9.84. The van der Waals surface area contributed by atoms with E-state index in [2.05, 4.69) is 134 Å². The predicted molar refractivity (Wildman–Crippen MR) is 377 cm³/mol. The number of thiazole rings is 2. The Bertz CT molecular complexity index is 4740. The highest BCUT2D eigenvalue weighted by Crippen LogP contribution is 2.45. The first kappa shape index (κ1) is 71.9. The highest BCUT2D eigenvalue weighted by Gasteiger charge is 2.30. The number of benzene rings is 6. The van der Waals surface area contributed by atoms with Crippen LogP contribution in [0.3, 0.4) is 0 Å². The van der Waals surface area contributed by atoms with Gasteiger partial charge < -0.3 is 70.7 Å². The monoisotopic (exact) mass is 1320 g/mol. The third-order valence-electron chi connectivity index (χ3n) is 15.1. The van der Waals surface area contributed by atoms with Gasteiger partial charge in [-0.2, -0.15) is 0 Å². The first-order valence-corrected chi connectivity index (χ1v) is 32.0. The van der Waals surface area contributed by atoms with Crippen LogP contribution in [0.25, 0.3) is 42.2 Å². The lowest BCUT2D eigenvalue weighted by Gasteiger charge is -2.27. The van der Waals surface area contributed by atoms with Gasteiger partial charge in [0.15, 0.2) is 19.0 Å². The Kier molecular flexibility index (Phi) is 20.8. The van der Waals surface area contributed by atoms with Crippen molar-refractivity contribution in [2.75, 3.05) is 23.8 Å². The molecule has 0 spiro atoms. The van der Waals surface area contributed by atoms with Gasteiger partial charge in [0.2, 0.25) is 11.1 Å². The van der Waals surface area contributed by atoms with Crippen molar-refractivity contribution < 1.29 is 49.7 Å².